The highest BCUT2D eigenvalue weighted by molar-refractivity contribution is 5.99. The summed E-state index contributed by atoms with van der Waals surface area (Å²) >= 11 is 0. The third-order valence-corrected chi connectivity index (χ3v) is 3.85. The molecule has 0 bridgehead atoms. The van der Waals surface area contributed by atoms with Crippen LogP contribution in [0.2, 0.25) is 0 Å². The van der Waals surface area contributed by atoms with Crippen molar-refractivity contribution >= 4 is 11.8 Å². The van der Waals surface area contributed by atoms with Crippen LogP contribution in [-0.4, -0.2) is 29.1 Å². The van der Waals surface area contributed by atoms with E-state index in [4.69, 9.17) is 9.84 Å². The number of aliphatic carboxylic acids is 1. The van der Waals surface area contributed by atoms with Gasteiger partial charge >= 0.3 is 5.97 Å². The summed E-state index contributed by atoms with van der Waals surface area (Å²) in [5.74, 6) is -1.00. The van der Waals surface area contributed by atoms with Crippen molar-refractivity contribution in [1.82, 2.24) is 0 Å². The van der Waals surface area contributed by atoms with Crippen LogP contribution in [0.1, 0.15) is 43.0 Å². The molecular formula is C16H20O4. The zero-order valence-corrected chi connectivity index (χ0v) is 11.6. The molecule has 0 spiro atoms. The van der Waals surface area contributed by atoms with Gasteiger partial charge in [-0.2, -0.15) is 0 Å². The number of benzene rings is 1. The summed E-state index contributed by atoms with van der Waals surface area (Å²) in [4.78, 5) is 23.1. The summed E-state index contributed by atoms with van der Waals surface area (Å²) in [6.45, 7) is 1.76. The maximum Gasteiger partial charge on any atom is 0.306 e. The van der Waals surface area contributed by atoms with E-state index < -0.39 is 12.1 Å². The van der Waals surface area contributed by atoms with Gasteiger partial charge in [0.15, 0.2) is 5.78 Å². The number of ketones is 1. The molecule has 1 atom stereocenters. The van der Waals surface area contributed by atoms with Gasteiger partial charge in [0, 0.05) is 5.56 Å². The van der Waals surface area contributed by atoms with Gasteiger partial charge in [-0.25, -0.2) is 0 Å². The zero-order chi connectivity index (χ0) is 14.5. The van der Waals surface area contributed by atoms with E-state index in [1.54, 1.807) is 19.1 Å². The fraction of sp³-hybridized carbons (Fsp3) is 0.500. The van der Waals surface area contributed by atoms with Crippen LogP contribution >= 0.6 is 0 Å². The monoisotopic (exact) mass is 276 g/mol. The van der Waals surface area contributed by atoms with Gasteiger partial charge in [0.1, 0.15) is 6.10 Å². The first-order valence-corrected chi connectivity index (χ1v) is 7.05. The Labute approximate surface area is 118 Å². The molecule has 1 aliphatic rings. The molecule has 0 heterocycles. The van der Waals surface area contributed by atoms with Crippen molar-refractivity contribution in [2.45, 2.75) is 44.8 Å². The molecule has 4 nitrogen and oxygen atoms in total. The zero-order valence-electron chi connectivity index (χ0n) is 11.6. The number of rotatable bonds is 5. The Bertz CT molecular complexity index is 461. The van der Waals surface area contributed by atoms with Gasteiger partial charge in [0.05, 0.1) is 12.0 Å². The number of carbonyl (C=O) groups excluding carboxylic acids is 1. The lowest BCUT2D eigenvalue weighted by Gasteiger charge is -2.28. The quantitative estimate of drug-likeness (QED) is 0.840. The van der Waals surface area contributed by atoms with Crippen molar-refractivity contribution < 1.29 is 19.4 Å². The minimum absolute atomic E-state index is 0.00624. The second kappa shape index (κ2) is 6.66. The number of hydrogen-bond donors (Lipinski definition) is 1. The van der Waals surface area contributed by atoms with Crippen molar-refractivity contribution in [2.24, 2.45) is 5.92 Å². The summed E-state index contributed by atoms with van der Waals surface area (Å²) in [6.07, 6.45) is 2.20. The van der Waals surface area contributed by atoms with Crippen molar-refractivity contribution in [1.29, 1.82) is 0 Å². The molecule has 0 radical (unpaired) electrons. The maximum absolute atomic E-state index is 12.2. The average molecular weight is 276 g/mol. The van der Waals surface area contributed by atoms with Gasteiger partial charge in [-0.1, -0.05) is 30.3 Å². The normalized spacial score (nSPS) is 24.1. The average Bonchev–Trinajstić information content (AvgIpc) is 2.48. The highest BCUT2D eigenvalue weighted by Crippen LogP contribution is 2.27. The van der Waals surface area contributed by atoms with E-state index in [1.807, 2.05) is 18.2 Å². The van der Waals surface area contributed by atoms with Crippen LogP contribution in [0.3, 0.4) is 0 Å². The first-order valence-electron chi connectivity index (χ1n) is 7.05. The van der Waals surface area contributed by atoms with Crippen molar-refractivity contribution in [2.75, 3.05) is 0 Å². The third kappa shape index (κ3) is 3.67. The van der Waals surface area contributed by atoms with E-state index in [9.17, 15) is 9.59 Å². The predicted octanol–water partition coefficient (Wildman–Crippen LogP) is 2.92. The minimum Gasteiger partial charge on any atom is -0.481 e. The standard InChI is InChI=1S/C16H20O4/c1-11(15(17)12-5-3-2-4-6-12)20-14-9-7-13(8-10-14)16(18)19/h2-6,11,13-14H,7-10H2,1H3,(H,18,19). The summed E-state index contributed by atoms with van der Waals surface area (Å²) in [6, 6.07) is 9.10. The Morgan fingerprint density at radius 2 is 1.75 bits per heavy atom. The van der Waals surface area contributed by atoms with Gasteiger partial charge in [-0.3, -0.25) is 9.59 Å². The van der Waals surface area contributed by atoms with Crippen LogP contribution < -0.4 is 0 Å². The van der Waals surface area contributed by atoms with E-state index in [1.165, 1.54) is 0 Å². The van der Waals surface area contributed by atoms with Gasteiger partial charge in [0.2, 0.25) is 0 Å². The molecular weight excluding hydrogens is 256 g/mol. The SMILES string of the molecule is CC(OC1CCC(C(=O)O)CC1)C(=O)c1ccccc1. The Balaban J connectivity index is 1.85. The molecule has 0 aromatic heterocycles. The topological polar surface area (TPSA) is 63.6 Å². The first-order chi connectivity index (χ1) is 9.58. The van der Waals surface area contributed by atoms with E-state index in [2.05, 4.69) is 0 Å². The largest absolute Gasteiger partial charge is 0.481 e. The molecule has 2 rings (SSSR count). The lowest BCUT2D eigenvalue weighted by molar-refractivity contribution is -0.144. The molecule has 1 aromatic carbocycles. The van der Waals surface area contributed by atoms with Crippen LogP contribution in [0.25, 0.3) is 0 Å². The molecule has 4 heteroatoms. The van der Waals surface area contributed by atoms with Crippen LogP contribution in [0.5, 0.6) is 0 Å². The number of Topliss-reactive ketones (excluding diaryl/α,β-unsaturated/α-hetero) is 1. The second-order valence-corrected chi connectivity index (χ2v) is 5.32. The Kier molecular flexibility index (Phi) is 4.90. The van der Waals surface area contributed by atoms with Gasteiger partial charge in [-0.05, 0) is 32.6 Å². The first kappa shape index (κ1) is 14.7. The highest BCUT2D eigenvalue weighted by Gasteiger charge is 2.28. The molecule has 108 valence electrons. The summed E-state index contributed by atoms with van der Waals surface area (Å²) in [5, 5.41) is 8.95. The minimum atomic E-state index is -0.725. The predicted molar refractivity (Wildman–Crippen MR) is 74.7 cm³/mol. The van der Waals surface area contributed by atoms with Crippen molar-refractivity contribution in [3.8, 4) is 0 Å². The van der Waals surface area contributed by atoms with Crippen LogP contribution in [0, 0.1) is 5.92 Å². The molecule has 1 unspecified atom stereocenters. The number of carboxylic acids is 1. The molecule has 0 saturated heterocycles. The van der Waals surface area contributed by atoms with Crippen LogP contribution in [0.15, 0.2) is 30.3 Å². The smallest absolute Gasteiger partial charge is 0.306 e. The molecule has 0 aliphatic heterocycles. The molecule has 1 N–H and O–H groups in total. The van der Waals surface area contributed by atoms with E-state index >= 15 is 0 Å². The number of hydrogen-bond acceptors (Lipinski definition) is 3. The second-order valence-electron chi connectivity index (χ2n) is 5.32. The summed E-state index contributed by atoms with van der Waals surface area (Å²) in [5.41, 5.74) is 0.652. The van der Waals surface area contributed by atoms with Crippen LogP contribution in [-0.2, 0) is 9.53 Å². The molecule has 20 heavy (non-hydrogen) atoms. The summed E-state index contributed by atoms with van der Waals surface area (Å²) < 4.78 is 5.79. The fourth-order valence-electron chi connectivity index (χ4n) is 2.63. The number of ether oxygens (including phenoxy) is 1. The number of carbonyl (C=O) groups is 2. The maximum atomic E-state index is 12.2. The molecule has 1 fully saturated rings. The molecule has 0 amide bonds. The van der Waals surface area contributed by atoms with Crippen LogP contribution in [0.4, 0.5) is 0 Å². The fourth-order valence-corrected chi connectivity index (χ4v) is 2.63. The number of carboxylic acid groups (broad SMARTS) is 1. The van der Waals surface area contributed by atoms with Gasteiger partial charge < -0.3 is 9.84 Å². The molecule has 1 saturated carbocycles. The van der Waals surface area contributed by atoms with Crippen molar-refractivity contribution in [3.05, 3.63) is 35.9 Å². The molecule has 1 aliphatic carbocycles. The third-order valence-electron chi connectivity index (χ3n) is 3.85. The lowest BCUT2D eigenvalue weighted by atomic mass is 9.87. The Morgan fingerprint density at radius 1 is 1.15 bits per heavy atom. The Morgan fingerprint density at radius 3 is 2.30 bits per heavy atom. The van der Waals surface area contributed by atoms with Gasteiger partial charge in [0.25, 0.3) is 0 Å². The van der Waals surface area contributed by atoms with Crippen molar-refractivity contribution in [3.63, 3.8) is 0 Å². The van der Waals surface area contributed by atoms with E-state index in [0.29, 0.717) is 31.2 Å². The molecule has 1 aromatic rings. The highest BCUT2D eigenvalue weighted by atomic mass is 16.5. The summed E-state index contributed by atoms with van der Waals surface area (Å²) in [7, 11) is 0. The Hall–Kier alpha value is -1.68. The lowest BCUT2D eigenvalue weighted by Crippen LogP contribution is -2.31. The van der Waals surface area contributed by atoms with E-state index in [-0.39, 0.29) is 17.8 Å². The van der Waals surface area contributed by atoms with E-state index in [0.717, 1.165) is 0 Å². The van der Waals surface area contributed by atoms with Gasteiger partial charge in [-0.15, -0.1) is 0 Å².